The summed E-state index contributed by atoms with van der Waals surface area (Å²) in [5.41, 5.74) is 0.695. The van der Waals surface area contributed by atoms with Gasteiger partial charge in [-0.1, -0.05) is 25.7 Å². The fraction of sp³-hybridized carbons (Fsp3) is 0.571. The van der Waals surface area contributed by atoms with Crippen LogP contribution in [0.25, 0.3) is 0 Å². The van der Waals surface area contributed by atoms with Crippen molar-refractivity contribution >= 4 is 21.6 Å². The Balaban J connectivity index is 1.81. The van der Waals surface area contributed by atoms with Gasteiger partial charge < -0.3 is 10.4 Å². The summed E-state index contributed by atoms with van der Waals surface area (Å²) < 4.78 is 13.9. The molecule has 1 unspecified atom stereocenters. The van der Waals surface area contributed by atoms with Crippen LogP contribution >= 0.6 is 15.9 Å². The quantitative estimate of drug-likeness (QED) is 0.862. The lowest BCUT2D eigenvalue weighted by Gasteiger charge is -2.17. The first-order valence-electron chi connectivity index (χ1n) is 6.52. The fourth-order valence-corrected chi connectivity index (χ4v) is 2.96. The highest BCUT2D eigenvalue weighted by Gasteiger charge is 2.18. The van der Waals surface area contributed by atoms with Crippen LogP contribution in [0.5, 0.6) is 0 Å². The minimum atomic E-state index is -0.358. The minimum absolute atomic E-state index is 0.272. The number of anilines is 1. The van der Waals surface area contributed by atoms with E-state index in [4.69, 9.17) is 0 Å². The Hall–Kier alpha value is -0.610. The highest BCUT2D eigenvalue weighted by atomic mass is 79.9. The molecule has 2 N–H and O–H groups in total. The van der Waals surface area contributed by atoms with Gasteiger partial charge in [-0.05, 0) is 46.5 Å². The van der Waals surface area contributed by atoms with Gasteiger partial charge in [-0.3, -0.25) is 0 Å². The second kappa shape index (κ2) is 6.53. The molecule has 1 aromatic carbocycles. The van der Waals surface area contributed by atoms with Gasteiger partial charge in [0.1, 0.15) is 5.82 Å². The molecule has 100 valence electrons. The fourth-order valence-electron chi connectivity index (χ4n) is 2.57. The Bertz CT molecular complexity index is 393. The van der Waals surface area contributed by atoms with E-state index in [9.17, 15) is 9.50 Å². The van der Waals surface area contributed by atoms with Crippen molar-refractivity contribution in [3.63, 3.8) is 0 Å². The molecule has 18 heavy (non-hydrogen) atoms. The van der Waals surface area contributed by atoms with Gasteiger partial charge in [0.2, 0.25) is 0 Å². The summed E-state index contributed by atoms with van der Waals surface area (Å²) in [6.07, 6.45) is 5.55. The Morgan fingerprint density at radius 2 is 2.11 bits per heavy atom. The summed E-state index contributed by atoms with van der Waals surface area (Å²) in [7, 11) is 0. The molecule has 2 nitrogen and oxygen atoms in total. The molecule has 2 rings (SSSR count). The number of benzene rings is 1. The second-order valence-electron chi connectivity index (χ2n) is 5.05. The molecule has 0 spiro atoms. The number of rotatable bonds is 5. The molecule has 0 aliphatic heterocycles. The topological polar surface area (TPSA) is 32.3 Å². The third-order valence-electron chi connectivity index (χ3n) is 3.54. The van der Waals surface area contributed by atoms with Crippen LogP contribution in [0, 0.1) is 11.7 Å². The molecule has 1 aliphatic carbocycles. The summed E-state index contributed by atoms with van der Waals surface area (Å²) in [4.78, 5) is 0. The monoisotopic (exact) mass is 315 g/mol. The summed E-state index contributed by atoms with van der Waals surface area (Å²) in [5, 5.41) is 13.1. The van der Waals surface area contributed by atoms with Crippen molar-refractivity contribution < 1.29 is 9.50 Å². The van der Waals surface area contributed by atoms with Crippen LogP contribution in [0.3, 0.4) is 0 Å². The molecular weight excluding hydrogens is 297 g/mol. The summed E-state index contributed by atoms with van der Waals surface area (Å²) in [6, 6.07) is 4.51. The highest BCUT2D eigenvalue weighted by Crippen LogP contribution is 2.29. The van der Waals surface area contributed by atoms with E-state index in [0.717, 1.165) is 10.9 Å². The van der Waals surface area contributed by atoms with Crippen molar-refractivity contribution in [2.45, 2.75) is 38.2 Å². The van der Waals surface area contributed by atoms with Crippen molar-refractivity contribution in [2.24, 2.45) is 5.92 Å². The maximum absolute atomic E-state index is 13.1. The molecule has 0 aromatic heterocycles. The first kappa shape index (κ1) is 13.8. The first-order valence-corrected chi connectivity index (χ1v) is 7.31. The predicted octanol–water partition coefficient (Wildman–Crippen LogP) is 3.94. The third kappa shape index (κ3) is 3.95. The summed E-state index contributed by atoms with van der Waals surface area (Å²) in [6.45, 7) is 0.471. The Labute approximate surface area is 116 Å². The Morgan fingerprint density at radius 3 is 2.83 bits per heavy atom. The maximum Gasteiger partial charge on any atom is 0.125 e. The first-order chi connectivity index (χ1) is 8.65. The molecule has 4 heteroatoms. The standard InChI is InChI=1S/C14H19BrFNO/c15-13-6-5-11(16)8-14(13)17-9-12(18)7-10-3-1-2-4-10/h5-6,8,10,12,17-18H,1-4,7,9H2. The minimum Gasteiger partial charge on any atom is -0.391 e. The zero-order valence-corrected chi connectivity index (χ0v) is 11.9. The molecule has 1 fully saturated rings. The van der Waals surface area contributed by atoms with E-state index in [1.165, 1.54) is 37.8 Å². The van der Waals surface area contributed by atoms with Crippen molar-refractivity contribution in [1.29, 1.82) is 0 Å². The van der Waals surface area contributed by atoms with Crippen LogP contribution in [-0.2, 0) is 0 Å². The molecule has 0 amide bonds. The van der Waals surface area contributed by atoms with Crippen LogP contribution in [0.15, 0.2) is 22.7 Å². The van der Waals surface area contributed by atoms with E-state index in [-0.39, 0.29) is 11.9 Å². The van der Waals surface area contributed by atoms with Gasteiger partial charge in [0, 0.05) is 11.0 Å². The molecule has 0 radical (unpaired) electrons. The van der Waals surface area contributed by atoms with Crippen molar-refractivity contribution in [2.75, 3.05) is 11.9 Å². The molecule has 0 heterocycles. The summed E-state index contributed by atoms with van der Waals surface area (Å²) >= 11 is 3.36. The lowest BCUT2D eigenvalue weighted by molar-refractivity contribution is 0.155. The molecule has 1 saturated carbocycles. The zero-order valence-electron chi connectivity index (χ0n) is 10.3. The van der Waals surface area contributed by atoms with Gasteiger partial charge >= 0.3 is 0 Å². The molecule has 0 saturated heterocycles. The van der Waals surface area contributed by atoms with Gasteiger partial charge in [0.25, 0.3) is 0 Å². The van der Waals surface area contributed by atoms with Gasteiger partial charge in [0.15, 0.2) is 0 Å². The lowest BCUT2D eigenvalue weighted by atomic mass is 10.00. The smallest absolute Gasteiger partial charge is 0.125 e. The van der Waals surface area contributed by atoms with Gasteiger partial charge in [-0.25, -0.2) is 4.39 Å². The molecule has 1 aromatic rings. The van der Waals surface area contributed by atoms with Crippen LogP contribution in [0.4, 0.5) is 10.1 Å². The van der Waals surface area contributed by atoms with Crippen molar-refractivity contribution in [3.8, 4) is 0 Å². The van der Waals surface area contributed by atoms with E-state index in [1.54, 1.807) is 6.07 Å². The van der Waals surface area contributed by atoms with E-state index < -0.39 is 0 Å². The predicted molar refractivity (Wildman–Crippen MR) is 75.2 cm³/mol. The Kier molecular flexibility index (Phi) is 5.01. The van der Waals surface area contributed by atoms with E-state index >= 15 is 0 Å². The number of aliphatic hydroxyl groups excluding tert-OH is 1. The van der Waals surface area contributed by atoms with E-state index in [2.05, 4.69) is 21.2 Å². The lowest BCUT2D eigenvalue weighted by Crippen LogP contribution is -2.22. The van der Waals surface area contributed by atoms with E-state index in [1.807, 2.05) is 0 Å². The Morgan fingerprint density at radius 1 is 1.39 bits per heavy atom. The zero-order chi connectivity index (χ0) is 13.0. The van der Waals surface area contributed by atoms with Gasteiger partial charge in [-0.15, -0.1) is 0 Å². The van der Waals surface area contributed by atoms with Crippen molar-refractivity contribution in [1.82, 2.24) is 0 Å². The normalized spacial score (nSPS) is 17.9. The average molecular weight is 316 g/mol. The average Bonchev–Trinajstić information content (AvgIpc) is 2.83. The van der Waals surface area contributed by atoms with Crippen LogP contribution in [0.2, 0.25) is 0 Å². The number of nitrogens with one attached hydrogen (secondary N) is 1. The number of halogens is 2. The molecule has 0 bridgehead atoms. The largest absolute Gasteiger partial charge is 0.391 e. The van der Waals surface area contributed by atoms with Crippen LogP contribution in [-0.4, -0.2) is 17.8 Å². The number of hydrogen-bond donors (Lipinski definition) is 2. The number of hydrogen-bond acceptors (Lipinski definition) is 2. The van der Waals surface area contributed by atoms with Crippen molar-refractivity contribution in [3.05, 3.63) is 28.5 Å². The van der Waals surface area contributed by atoms with E-state index in [0.29, 0.717) is 18.2 Å². The third-order valence-corrected chi connectivity index (χ3v) is 4.23. The highest BCUT2D eigenvalue weighted by molar-refractivity contribution is 9.10. The SMILES string of the molecule is OC(CNc1cc(F)ccc1Br)CC1CCCC1. The number of aliphatic hydroxyl groups is 1. The molecular formula is C14H19BrFNO. The van der Waals surface area contributed by atoms with Crippen LogP contribution in [0.1, 0.15) is 32.1 Å². The van der Waals surface area contributed by atoms with Gasteiger partial charge in [0.05, 0.1) is 11.8 Å². The van der Waals surface area contributed by atoms with Gasteiger partial charge in [-0.2, -0.15) is 0 Å². The molecule has 1 atom stereocenters. The summed E-state index contributed by atoms with van der Waals surface area (Å²) in [5.74, 6) is 0.392. The molecule has 1 aliphatic rings. The van der Waals surface area contributed by atoms with Crippen LogP contribution < -0.4 is 5.32 Å². The second-order valence-corrected chi connectivity index (χ2v) is 5.90. The maximum atomic E-state index is 13.1.